The Morgan fingerprint density at radius 1 is 0.443 bits per heavy atom. The zero-order valence-electron chi connectivity index (χ0n) is 50.1. The van der Waals surface area contributed by atoms with Crippen LogP contribution in [0, 0.1) is 0 Å². The topological polar surface area (TPSA) is 149 Å². The van der Waals surface area contributed by atoms with E-state index in [1.807, 2.05) is 6.08 Å². The predicted octanol–water partition coefficient (Wildman–Crippen LogP) is 16.9. The van der Waals surface area contributed by atoms with Crippen LogP contribution < -0.4 is 5.32 Å². The zero-order chi connectivity index (χ0) is 57.2. The van der Waals surface area contributed by atoms with Gasteiger partial charge in [-0.2, -0.15) is 0 Å². The van der Waals surface area contributed by atoms with Gasteiger partial charge in [0.25, 0.3) is 0 Å². The molecule has 0 aromatic carbocycles. The maximum Gasteiger partial charge on any atom is 0.220 e. The van der Waals surface area contributed by atoms with Crippen LogP contribution in [0.1, 0.15) is 245 Å². The molecule has 0 radical (unpaired) electrons. The molecule has 0 aromatic rings. The van der Waals surface area contributed by atoms with E-state index in [4.69, 9.17) is 9.47 Å². The monoisotopic (exact) mass is 1100 g/mol. The van der Waals surface area contributed by atoms with Gasteiger partial charge in [0, 0.05) is 6.42 Å². The first-order chi connectivity index (χ1) is 38.8. The number of unbranched alkanes of at least 4 members (excludes halogenated alkanes) is 23. The molecule has 7 atom stereocenters. The van der Waals surface area contributed by atoms with Crippen LogP contribution in [-0.4, -0.2) is 87.5 Å². The minimum Gasteiger partial charge on any atom is -0.394 e. The van der Waals surface area contributed by atoms with Crippen molar-refractivity contribution in [1.29, 1.82) is 0 Å². The molecule has 0 saturated carbocycles. The van der Waals surface area contributed by atoms with Gasteiger partial charge in [0.15, 0.2) is 6.29 Å². The number of hydrogen-bond donors (Lipinski definition) is 6. The number of allylic oxidation sites excluding steroid dienone is 21. The highest BCUT2D eigenvalue weighted by molar-refractivity contribution is 5.76. The van der Waals surface area contributed by atoms with E-state index < -0.39 is 49.5 Å². The molecule has 1 aliphatic heterocycles. The van der Waals surface area contributed by atoms with Gasteiger partial charge in [-0.05, 0) is 109 Å². The normalized spacial score (nSPS) is 19.5. The van der Waals surface area contributed by atoms with Gasteiger partial charge < -0.3 is 40.3 Å². The van der Waals surface area contributed by atoms with Gasteiger partial charge in [-0.1, -0.05) is 263 Å². The standard InChI is InChI=1S/C70H117NO8/c1-3-5-7-9-11-13-15-17-19-20-21-22-23-24-25-26-27-28-29-30-31-32-33-34-35-36-37-38-39-40-41-42-43-44-46-48-50-52-54-56-58-60-66(74)71-63(62-78-70-69(77)68(76)67(75)65(61-72)79-70)64(73)59-57-55-53-51-49-47-45-18-16-14-12-10-8-6-4-2/h5,7,11,13,16-19,21-22,24-25,27-28,30-31,33-34,49,51,57,59,63-65,67-70,72-73,75-77H,3-4,6,8-10,12,14-15,20,23,26,29,32,35-48,50,52-56,58,60-62H2,1-2H3,(H,71,74)/b7-5-,13-11-,18-16+,19-17-,22-21-,25-24-,28-27-,31-30-,34-33-,51-49+,59-57+. The molecule has 79 heavy (non-hydrogen) atoms. The minimum atomic E-state index is -1.58. The van der Waals surface area contributed by atoms with Gasteiger partial charge in [0.2, 0.25) is 5.91 Å². The lowest BCUT2D eigenvalue weighted by Gasteiger charge is -2.40. The highest BCUT2D eigenvalue weighted by Gasteiger charge is 2.44. The summed E-state index contributed by atoms with van der Waals surface area (Å²) >= 11 is 0. The lowest BCUT2D eigenvalue weighted by Crippen LogP contribution is -2.60. The quantitative estimate of drug-likeness (QED) is 0.0261. The largest absolute Gasteiger partial charge is 0.394 e. The molecule has 9 heteroatoms. The van der Waals surface area contributed by atoms with Crippen molar-refractivity contribution in [3.63, 3.8) is 0 Å². The molecular formula is C70H117NO8. The number of ether oxygens (including phenoxy) is 2. The molecule has 1 fully saturated rings. The Kier molecular flexibility index (Phi) is 53.4. The van der Waals surface area contributed by atoms with Gasteiger partial charge in [0.1, 0.15) is 24.4 Å². The van der Waals surface area contributed by atoms with E-state index in [1.165, 1.54) is 122 Å². The Bertz CT molecular complexity index is 1700. The third kappa shape index (κ3) is 46.6. The van der Waals surface area contributed by atoms with Crippen LogP contribution in [0.15, 0.2) is 134 Å². The molecule has 0 aromatic heterocycles. The molecule has 1 rings (SSSR count). The molecule has 0 spiro atoms. The fourth-order valence-electron chi connectivity index (χ4n) is 9.20. The van der Waals surface area contributed by atoms with Gasteiger partial charge in [-0.3, -0.25) is 4.79 Å². The van der Waals surface area contributed by atoms with Gasteiger partial charge >= 0.3 is 0 Å². The summed E-state index contributed by atoms with van der Waals surface area (Å²) in [7, 11) is 0. The Morgan fingerprint density at radius 3 is 1.22 bits per heavy atom. The maximum absolute atomic E-state index is 13.1. The summed E-state index contributed by atoms with van der Waals surface area (Å²) in [5.41, 5.74) is 0. The number of carbonyl (C=O) groups is 1. The van der Waals surface area contributed by atoms with Crippen molar-refractivity contribution in [3.8, 4) is 0 Å². The summed E-state index contributed by atoms with van der Waals surface area (Å²) < 4.78 is 11.2. The van der Waals surface area contributed by atoms with Crippen LogP contribution in [0.2, 0.25) is 0 Å². The Hall–Kier alpha value is -3.67. The molecule has 6 N–H and O–H groups in total. The van der Waals surface area contributed by atoms with Gasteiger partial charge in [0.05, 0.1) is 25.4 Å². The molecule has 9 nitrogen and oxygen atoms in total. The highest BCUT2D eigenvalue weighted by atomic mass is 16.7. The lowest BCUT2D eigenvalue weighted by molar-refractivity contribution is -0.302. The maximum atomic E-state index is 13.1. The van der Waals surface area contributed by atoms with Gasteiger partial charge in [-0.25, -0.2) is 0 Å². The summed E-state index contributed by atoms with van der Waals surface area (Å²) in [4.78, 5) is 13.1. The van der Waals surface area contributed by atoms with E-state index in [0.29, 0.717) is 6.42 Å². The summed E-state index contributed by atoms with van der Waals surface area (Å²) in [5, 5.41) is 54.5. The SMILES string of the molecule is CC/C=C\C/C=C\C/C=C\C/C=C\C/C=C\C/C=C\C/C=C\C/C=C\CCCCCCCCCCCCCCCCCCC(=O)NC(COC1OC(CO)C(O)C(O)C1O)C(O)/C=C/CC/C=C/CC/C=C/CCCCCCC. The van der Waals surface area contributed by atoms with Crippen molar-refractivity contribution >= 4 is 5.91 Å². The Labute approximate surface area is 483 Å². The first-order valence-corrected chi connectivity index (χ1v) is 31.9. The number of nitrogens with one attached hydrogen (secondary N) is 1. The van der Waals surface area contributed by atoms with E-state index >= 15 is 0 Å². The van der Waals surface area contributed by atoms with E-state index in [9.17, 15) is 30.3 Å². The van der Waals surface area contributed by atoms with Crippen molar-refractivity contribution < 1.29 is 39.8 Å². The third-order valence-electron chi connectivity index (χ3n) is 14.2. The van der Waals surface area contributed by atoms with E-state index in [1.54, 1.807) is 6.08 Å². The molecule has 1 aliphatic rings. The van der Waals surface area contributed by atoms with Crippen LogP contribution in [0.25, 0.3) is 0 Å². The Morgan fingerprint density at radius 2 is 0.797 bits per heavy atom. The average molecular weight is 1100 g/mol. The zero-order valence-corrected chi connectivity index (χ0v) is 50.1. The van der Waals surface area contributed by atoms with Crippen LogP contribution >= 0.6 is 0 Å². The molecule has 1 amide bonds. The number of rotatable bonds is 53. The van der Waals surface area contributed by atoms with Crippen molar-refractivity contribution in [2.24, 2.45) is 0 Å². The highest BCUT2D eigenvalue weighted by Crippen LogP contribution is 2.23. The minimum absolute atomic E-state index is 0.195. The van der Waals surface area contributed by atoms with Crippen molar-refractivity contribution in [1.82, 2.24) is 5.32 Å². The fourth-order valence-corrected chi connectivity index (χ4v) is 9.20. The van der Waals surface area contributed by atoms with Crippen LogP contribution in [0.5, 0.6) is 0 Å². The predicted molar refractivity (Wildman–Crippen MR) is 336 cm³/mol. The second kappa shape index (κ2) is 57.6. The molecular weight excluding hydrogens is 983 g/mol. The lowest BCUT2D eigenvalue weighted by atomic mass is 9.99. The number of hydrogen-bond acceptors (Lipinski definition) is 8. The molecule has 1 saturated heterocycles. The van der Waals surface area contributed by atoms with E-state index in [0.717, 1.165) is 103 Å². The fraction of sp³-hybridized carbons (Fsp3) is 0.671. The Balaban J connectivity index is 2.11. The van der Waals surface area contributed by atoms with Crippen LogP contribution in [-0.2, 0) is 14.3 Å². The van der Waals surface area contributed by atoms with E-state index in [-0.39, 0.29) is 12.5 Å². The average Bonchev–Trinajstić information content (AvgIpc) is 3.46. The molecule has 1 heterocycles. The smallest absolute Gasteiger partial charge is 0.220 e. The summed E-state index contributed by atoms with van der Waals surface area (Å²) in [6.07, 6.45) is 81.1. The summed E-state index contributed by atoms with van der Waals surface area (Å²) in [6.45, 7) is 3.62. The van der Waals surface area contributed by atoms with Crippen LogP contribution in [0.4, 0.5) is 0 Å². The molecule has 7 unspecified atom stereocenters. The second-order valence-corrected chi connectivity index (χ2v) is 21.4. The van der Waals surface area contributed by atoms with E-state index in [2.05, 4.69) is 141 Å². The van der Waals surface area contributed by atoms with Crippen LogP contribution in [0.3, 0.4) is 0 Å². The van der Waals surface area contributed by atoms with Crippen molar-refractivity contribution in [2.75, 3.05) is 13.2 Å². The number of aliphatic hydroxyl groups is 5. The number of amides is 1. The van der Waals surface area contributed by atoms with Crippen molar-refractivity contribution in [2.45, 2.75) is 288 Å². The summed E-state index contributed by atoms with van der Waals surface area (Å²) in [6, 6.07) is -0.835. The van der Waals surface area contributed by atoms with Gasteiger partial charge in [-0.15, -0.1) is 0 Å². The summed E-state index contributed by atoms with van der Waals surface area (Å²) in [5.74, 6) is -0.195. The second-order valence-electron chi connectivity index (χ2n) is 21.4. The van der Waals surface area contributed by atoms with Crippen molar-refractivity contribution in [3.05, 3.63) is 134 Å². The first-order valence-electron chi connectivity index (χ1n) is 31.9. The molecule has 450 valence electrons. The molecule has 0 bridgehead atoms. The molecule has 0 aliphatic carbocycles. The number of carbonyl (C=O) groups excluding carboxylic acids is 1. The third-order valence-corrected chi connectivity index (χ3v) is 14.2. The first kappa shape index (κ1) is 73.3. The number of aliphatic hydroxyl groups excluding tert-OH is 5.